The second kappa shape index (κ2) is 3.97. The number of H-pyrrole nitrogens is 1. The average Bonchev–Trinajstić information content (AvgIpc) is 2.56. The highest BCUT2D eigenvalue weighted by atomic mass is 14.7. The first kappa shape index (κ1) is 11.3. The van der Waals surface area contributed by atoms with Crippen molar-refractivity contribution in [1.29, 1.82) is 0 Å². The summed E-state index contributed by atoms with van der Waals surface area (Å²) in [5.74, 6) is 0. The average molecular weight is 215 g/mol. The van der Waals surface area contributed by atoms with Gasteiger partial charge in [-0.15, -0.1) is 0 Å². The molecule has 86 valence electrons. The van der Waals surface area contributed by atoms with Crippen LogP contribution in [0.5, 0.6) is 0 Å². The molecule has 0 aliphatic heterocycles. The number of fused-ring (bicyclic) bond motifs is 1. The Bertz CT molecular complexity index is 486. The molecule has 1 aromatic heterocycles. The number of nitrogens with one attached hydrogen (secondary N) is 1. The van der Waals surface area contributed by atoms with Gasteiger partial charge in [0.25, 0.3) is 0 Å². The SMILES string of the molecule is Cc1ccc2c(CCC(C)(C)C)c[nH]c2c1. The van der Waals surface area contributed by atoms with Gasteiger partial charge in [-0.3, -0.25) is 0 Å². The fraction of sp³-hybridized carbons (Fsp3) is 0.467. The standard InChI is InChI=1S/C15H21N/c1-11-5-6-13-12(7-8-15(2,3)4)10-16-14(13)9-11/h5-6,9-10,16H,7-8H2,1-4H3. The Balaban J connectivity index is 2.25. The molecule has 0 amide bonds. The molecule has 0 spiro atoms. The quantitative estimate of drug-likeness (QED) is 0.761. The largest absolute Gasteiger partial charge is 0.361 e. The van der Waals surface area contributed by atoms with E-state index in [0.29, 0.717) is 5.41 Å². The summed E-state index contributed by atoms with van der Waals surface area (Å²) in [6.07, 6.45) is 4.55. The zero-order chi connectivity index (χ0) is 11.8. The van der Waals surface area contributed by atoms with Crippen LogP contribution in [-0.2, 0) is 6.42 Å². The van der Waals surface area contributed by atoms with Gasteiger partial charge in [0.1, 0.15) is 0 Å². The van der Waals surface area contributed by atoms with Crippen molar-refractivity contribution >= 4 is 10.9 Å². The molecule has 2 aromatic rings. The molecular formula is C15H21N. The number of benzene rings is 1. The third-order valence-electron chi connectivity index (χ3n) is 3.07. The molecule has 0 atom stereocenters. The summed E-state index contributed by atoms with van der Waals surface area (Å²) in [6.45, 7) is 9.03. The van der Waals surface area contributed by atoms with Crippen molar-refractivity contribution < 1.29 is 0 Å². The first-order chi connectivity index (χ1) is 7.46. The molecule has 0 aliphatic rings. The summed E-state index contributed by atoms with van der Waals surface area (Å²) in [4.78, 5) is 3.37. The second-order valence-corrected chi connectivity index (χ2v) is 5.92. The van der Waals surface area contributed by atoms with Crippen LogP contribution in [0.3, 0.4) is 0 Å². The molecule has 0 radical (unpaired) electrons. The third kappa shape index (κ3) is 2.46. The van der Waals surface area contributed by atoms with Gasteiger partial charge < -0.3 is 4.98 Å². The highest BCUT2D eigenvalue weighted by Gasteiger charge is 2.11. The molecule has 1 heteroatoms. The summed E-state index contributed by atoms with van der Waals surface area (Å²) in [5.41, 5.74) is 4.44. The number of aryl methyl sites for hydroxylation is 2. The molecule has 0 bridgehead atoms. The van der Waals surface area contributed by atoms with Crippen molar-refractivity contribution in [2.75, 3.05) is 0 Å². The Morgan fingerprint density at radius 2 is 1.94 bits per heavy atom. The van der Waals surface area contributed by atoms with Crippen LogP contribution < -0.4 is 0 Å². The van der Waals surface area contributed by atoms with Gasteiger partial charge in [-0.05, 0) is 42.4 Å². The van der Waals surface area contributed by atoms with E-state index in [2.05, 4.69) is 57.1 Å². The summed E-state index contributed by atoms with van der Waals surface area (Å²) in [5, 5.41) is 1.38. The van der Waals surface area contributed by atoms with Crippen molar-refractivity contribution in [3.63, 3.8) is 0 Å². The van der Waals surface area contributed by atoms with Crippen molar-refractivity contribution in [2.45, 2.75) is 40.5 Å². The minimum atomic E-state index is 0.411. The van der Waals surface area contributed by atoms with E-state index in [0.717, 1.165) is 6.42 Å². The Labute approximate surface area is 97.9 Å². The lowest BCUT2D eigenvalue weighted by molar-refractivity contribution is 0.379. The second-order valence-electron chi connectivity index (χ2n) is 5.92. The van der Waals surface area contributed by atoms with Gasteiger partial charge >= 0.3 is 0 Å². The molecule has 1 aromatic carbocycles. The van der Waals surface area contributed by atoms with Gasteiger partial charge in [0.05, 0.1) is 0 Å². The van der Waals surface area contributed by atoms with Crippen LogP contribution in [0.15, 0.2) is 24.4 Å². The lowest BCUT2D eigenvalue weighted by atomic mass is 9.88. The number of hydrogen-bond donors (Lipinski definition) is 1. The van der Waals surface area contributed by atoms with Crippen LogP contribution in [0.1, 0.15) is 38.3 Å². The van der Waals surface area contributed by atoms with Crippen LogP contribution in [0.2, 0.25) is 0 Å². The number of hydrogen-bond acceptors (Lipinski definition) is 0. The van der Waals surface area contributed by atoms with E-state index in [1.165, 1.54) is 28.5 Å². The number of aromatic nitrogens is 1. The number of aromatic amines is 1. The first-order valence-corrected chi connectivity index (χ1v) is 6.02. The van der Waals surface area contributed by atoms with Gasteiger partial charge in [-0.2, -0.15) is 0 Å². The minimum Gasteiger partial charge on any atom is -0.361 e. The maximum atomic E-state index is 3.37. The van der Waals surface area contributed by atoms with E-state index in [9.17, 15) is 0 Å². The number of rotatable bonds is 2. The smallest absolute Gasteiger partial charge is 0.0459 e. The molecule has 0 aliphatic carbocycles. The van der Waals surface area contributed by atoms with E-state index in [1.54, 1.807) is 0 Å². The van der Waals surface area contributed by atoms with Gasteiger partial charge in [0.15, 0.2) is 0 Å². The topological polar surface area (TPSA) is 15.8 Å². The van der Waals surface area contributed by atoms with Gasteiger partial charge in [-0.1, -0.05) is 32.9 Å². The van der Waals surface area contributed by atoms with Crippen molar-refractivity contribution in [3.8, 4) is 0 Å². The maximum absolute atomic E-state index is 3.37. The van der Waals surface area contributed by atoms with Crippen molar-refractivity contribution in [2.24, 2.45) is 5.41 Å². The highest BCUT2D eigenvalue weighted by Crippen LogP contribution is 2.25. The fourth-order valence-corrected chi connectivity index (χ4v) is 2.02. The summed E-state index contributed by atoms with van der Waals surface area (Å²) in [6, 6.07) is 6.64. The molecule has 16 heavy (non-hydrogen) atoms. The Morgan fingerprint density at radius 3 is 2.62 bits per heavy atom. The molecule has 1 N–H and O–H groups in total. The monoisotopic (exact) mass is 215 g/mol. The fourth-order valence-electron chi connectivity index (χ4n) is 2.02. The highest BCUT2D eigenvalue weighted by molar-refractivity contribution is 5.83. The van der Waals surface area contributed by atoms with Crippen LogP contribution in [0.25, 0.3) is 10.9 Å². The minimum absolute atomic E-state index is 0.411. The van der Waals surface area contributed by atoms with E-state index in [1.807, 2.05) is 0 Å². The molecule has 0 fully saturated rings. The van der Waals surface area contributed by atoms with E-state index in [4.69, 9.17) is 0 Å². The normalized spacial score (nSPS) is 12.2. The lowest BCUT2D eigenvalue weighted by Crippen LogP contribution is -2.05. The van der Waals surface area contributed by atoms with Crippen molar-refractivity contribution in [3.05, 3.63) is 35.5 Å². The zero-order valence-electron chi connectivity index (χ0n) is 10.7. The molecule has 1 heterocycles. The van der Waals surface area contributed by atoms with Gasteiger partial charge in [0, 0.05) is 17.1 Å². The molecule has 0 saturated heterocycles. The van der Waals surface area contributed by atoms with Crippen LogP contribution in [0.4, 0.5) is 0 Å². The predicted molar refractivity (Wildman–Crippen MR) is 70.8 cm³/mol. The Morgan fingerprint density at radius 1 is 1.19 bits per heavy atom. The van der Waals surface area contributed by atoms with E-state index < -0.39 is 0 Å². The summed E-state index contributed by atoms with van der Waals surface area (Å²) >= 11 is 0. The molecule has 1 nitrogen and oxygen atoms in total. The Hall–Kier alpha value is -1.24. The third-order valence-corrected chi connectivity index (χ3v) is 3.07. The van der Waals surface area contributed by atoms with Crippen LogP contribution in [-0.4, -0.2) is 4.98 Å². The Kier molecular flexibility index (Phi) is 2.79. The lowest BCUT2D eigenvalue weighted by Gasteiger charge is -2.17. The van der Waals surface area contributed by atoms with Gasteiger partial charge in [-0.25, -0.2) is 0 Å². The first-order valence-electron chi connectivity index (χ1n) is 6.02. The zero-order valence-corrected chi connectivity index (χ0v) is 10.7. The van der Waals surface area contributed by atoms with Crippen molar-refractivity contribution in [1.82, 2.24) is 4.98 Å². The van der Waals surface area contributed by atoms with Crippen LogP contribution in [0, 0.1) is 12.3 Å². The summed E-state index contributed by atoms with van der Waals surface area (Å²) < 4.78 is 0. The van der Waals surface area contributed by atoms with E-state index in [-0.39, 0.29) is 0 Å². The molecule has 0 unspecified atom stereocenters. The van der Waals surface area contributed by atoms with Gasteiger partial charge in [0.2, 0.25) is 0 Å². The molecule has 0 saturated carbocycles. The van der Waals surface area contributed by atoms with E-state index >= 15 is 0 Å². The predicted octanol–water partition coefficient (Wildman–Crippen LogP) is 4.46. The maximum Gasteiger partial charge on any atom is 0.0459 e. The van der Waals surface area contributed by atoms with Crippen LogP contribution >= 0.6 is 0 Å². The molecule has 2 rings (SSSR count). The summed E-state index contributed by atoms with van der Waals surface area (Å²) in [7, 11) is 0. The molecular weight excluding hydrogens is 194 g/mol.